The van der Waals surface area contributed by atoms with Gasteiger partial charge in [0.05, 0.1) is 34.5 Å². The maximum Gasteiger partial charge on any atom is 0.573 e. The quantitative estimate of drug-likeness (QED) is 0.255. The maximum atomic E-state index is 14.8. The number of rotatable bonds is 8. The summed E-state index contributed by atoms with van der Waals surface area (Å²) >= 11 is 0. The van der Waals surface area contributed by atoms with Crippen LogP contribution in [0.4, 0.5) is 36.4 Å². The summed E-state index contributed by atoms with van der Waals surface area (Å²) in [5.74, 6) is -4.50. The summed E-state index contributed by atoms with van der Waals surface area (Å²) in [5, 5.41) is 0. The highest BCUT2D eigenvalue weighted by Gasteiger charge is 2.38. The van der Waals surface area contributed by atoms with Gasteiger partial charge in [-0.2, -0.15) is 13.2 Å². The SMILES string of the molecule is Cl.N[C@H]1CS(=O)(=O)c2cc(F)c(C(=O)CCCCC(F)(F)F)cc2N(Cc2ccc(OC(F)(F)F)cc2)C1=O. The first-order chi connectivity index (χ1) is 17.5. The van der Waals surface area contributed by atoms with Crippen molar-refractivity contribution >= 4 is 39.6 Å². The van der Waals surface area contributed by atoms with Crippen molar-refractivity contribution in [2.24, 2.45) is 5.73 Å². The molecular weight excluding hydrogens is 585 g/mol. The highest BCUT2D eigenvalue weighted by Crippen LogP contribution is 2.35. The summed E-state index contributed by atoms with van der Waals surface area (Å²) in [6.45, 7) is -0.411. The van der Waals surface area contributed by atoms with E-state index in [1.54, 1.807) is 0 Å². The number of anilines is 1. The minimum Gasteiger partial charge on any atom is -0.406 e. The van der Waals surface area contributed by atoms with Crippen LogP contribution in [0, 0.1) is 5.82 Å². The topological polar surface area (TPSA) is 107 Å². The number of alkyl halides is 6. The Morgan fingerprint density at radius 2 is 1.67 bits per heavy atom. The monoisotopic (exact) mass is 606 g/mol. The van der Waals surface area contributed by atoms with Gasteiger partial charge in [0.15, 0.2) is 15.6 Å². The smallest absolute Gasteiger partial charge is 0.406 e. The molecular formula is C23H22ClF7N2O5S. The number of nitrogens with zero attached hydrogens (tertiary/aromatic N) is 1. The van der Waals surface area contributed by atoms with Crippen molar-refractivity contribution in [2.75, 3.05) is 10.7 Å². The Kier molecular flexibility index (Phi) is 10.0. The second kappa shape index (κ2) is 12.1. The number of sulfone groups is 1. The van der Waals surface area contributed by atoms with Gasteiger partial charge in [0.25, 0.3) is 0 Å². The van der Waals surface area contributed by atoms with Gasteiger partial charge < -0.3 is 15.4 Å². The van der Waals surface area contributed by atoms with Crippen LogP contribution >= 0.6 is 12.4 Å². The van der Waals surface area contributed by atoms with Crippen LogP contribution in [0.1, 0.15) is 41.6 Å². The van der Waals surface area contributed by atoms with E-state index in [2.05, 4.69) is 4.74 Å². The zero-order valence-electron chi connectivity index (χ0n) is 19.8. The molecule has 1 aliphatic rings. The highest BCUT2D eigenvalue weighted by molar-refractivity contribution is 7.91. The average Bonchev–Trinajstić information content (AvgIpc) is 2.84. The van der Waals surface area contributed by atoms with Gasteiger partial charge >= 0.3 is 12.5 Å². The van der Waals surface area contributed by atoms with Crippen molar-refractivity contribution in [1.29, 1.82) is 0 Å². The van der Waals surface area contributed by atoms with Crippen LogP contribution < -0.4 is 15.4 Å². The number of carbonyl (C=O) groups is 2. The van der Waals surface area contributed by atoms with E-state index in [1.807, 2.05) is 0 Å². The van der Waals surface area contributed by atoms with E-state index in [4.69, 9.17) is 5.73 Å². The Morgan fingerprint density at radius 3 is 2.23 bits per heavy atom. The van der Waals surface area contributed by atoms with Gasteiger partial charge in [0, 0.05) is 12.8 Å². The first-order valence-electron chi connectivity index (χ1n) is 11.0. The largest absolute Gasteiger partial charge is 0.573 e. The van der Waals surface area contributed by atoms with Gasteiger partial charge in [0.1, 0.15) is 11.6 Å². The van der Waals surface area contributed by atoms with Crippen molar-refractivity contribution in [3.63, 3.8) is 0 Å². The van der Waals surface area contributed by atoms with Crippen molar-refractivity contribution in [1.82, 2.24) is 0 Å². The fourth-order valence-electron chi connectivity index (χ4n) is 3.82. The van der Waals surface area contributed by atoms with E-state index >= 15 is 0 Å². The molecule has 1 heterocycles. The second-order valence-corrected chi connectivity index (χ2v) is 10.6. The molecule has 2 N–H and O–H groups in total. The molecule has 3 rings (SSSR count). The molecule has 1 amide bonds. The number of benzene rings is 2. The normalized spacial score (nSPS) is 17.2. The number of halogens is 8. The van der Waals surface area contributed by atoms with Crippen molar-refractivity contribution in [3.8, 4) is 5.75 Å². The minimum atomic E-state index is -4.94. The molecule has 0 spiro atoms. The van der Waals surface area contributed by atoms with Gasteiger partial charge in [0.2, 0.25) is 5.91 Å². The third-order valence-electron chi connectivity index (χ3n) is 5.57. The summed E-state index contributed by atoms with van der Waals surface area (Å²) in [5.41, 5.74) is 4.95. The van der Waals surface area contributed by atoms with Crippen LogP contribution in [-0.4, -0.2) is 44.4 Å². The molecule has 0 saturated heterocycles. The van der Waals surface area contributed by atoms with Crippen LogP contribution in [0.5, 0.6) is 5.75 Å². The lowest BCUT2D eigenvalue weighted by Gasteiger charge is -2.25. The predicted octanol–water partition coefficient (Wildman–Crippen LogP) is 5.10. The molecule has 0 radical (unpaired) electrons. The number of nitrogens with two attached hydrogens (primary N) is 1. The number of amides is 1. The lowest BCUT2D eigenvalue weighted by molar-refractivity contribution is -0.274. The third kappa shape index (κ3) is 8.54. The van der Waals surface area contributed by atoms with Gasteiger partial charge in [-0.15, -0.1) is 25.6 Å². The Hall–Kier alpha value is -2.91. The molecule has 1 aliphatic heterocycles. The number of ether oxygens (including phenoxy) is 1. The van der Waals surface area contributed by atoms with Crippen LogP contribution in [0.3, 0.4) is 0 Å². The molecule has 216 valence electrons. The first kappa shape index (κ1) is 32.3. The van der Waals surface area contributed by atoms with E-state index < -0.39 is 93.0 Å². The lowest BCUT2D eigenvalue weighted by atomic mass is 10.0. The lowest BCUT2D eigenvalue weighted by Crippen LogP contribution is -2.45. The zero-order valence-corrected chi connectivity index (χ0v) is 21.4. The summed E-state index contributed by atoms with van der Waals surface area (Å²) in [7, 11) is -4.32. The van der Waals surface area contributed by atoms with Crippen LogP contribution in [0.15, 0.2) is 41.3 Å². The van der Waals surface area contributed by atoms with E-state index in [0.29, 0.717) is 6.07 Å². The number of Topliss-reactive ketones (excluding diaryl/α,β-unsaturated/α-hetero) is 1. The molecule has 0 fully saturated rings. The second-order valence-electron chi connectivity index (χ2n) is 8.55. The number of hydrogen-bond donors (Lipinski definition) is 1. The predicted molar refractivity (Wildman–Crippen MR) is 127 cm³/mol. The fraction of sp³-hybridized carbons (Fsp3) is 0.391. The van der Waals surface area contributed by atoms with Crippen LogP contribution in [0.2, 0.25) is 0 Å². The van der Waals surface area contributed by atoms with Gasteiger partial charge in [-0.3, -0.25) is 9.59 Å². The highest BCUT2D eigenvalue weighted by atomic mass is 35.5. The molecule has 39 heavy (non-hydrogen) atoms. The molecule has 2 aromatic rings. The average molecular weight is 607 g/mol. The maximum absolute atomic E-state index is 14.8. The molecule has 16 heteroatoms. The third-order valence-corrected chi connectivity index (χ3v) is 7.36. The van der Waals surface area contributed by atoms with Crippen molar-refractivity contribution in [2.45, 2.75) is 55.7 Å². The first-order valence-corrected chi connectivity index (χ1v) is 12.7. The van der Waals surface area contributed by atoms with E-state index in [-0.39, 0.29) is 30.8 Å². The summed E-state index contributed by atoms with van der Waals surface area (Å²) < 4.78 is 119. The Bertz CT molecular complexity index is 1320. The summed E-state index contributed by atoms with van der Waals surface area (Å²) in [4.78, 5) is 25.8. The van der Waals surface area contributed by atoms with Crippen molar-refractivity contribution in [3.05, 3.63) is 53.3 Å². The number of ketones is 1. The molecule has 0 aromatic heterocycles. The molecule has 0 aliphatic carbocycles. The van der Waals surface area contributed by atoms with Gasteiger partial charge in [-0.05, 0) is 42.7 Å². The number of hydrogen-bond acceptors (Lipinski definition) is 6. The molecule has 0 unspecified atom stereocenters. The number of unbranched alkanes of at least 4 members (excludes halogenated alkanes) is 1. The van der Waals surface area contributed by atoms with Gasteiger partial charge in [-0.1, -0.05) is 12.1 Å². The number of fused-ring (bicyclic) bond motifs is 1. The Morgan fingerprint density at radius 1 is 1.05 bits per heavy atom. The minimum absolute atomic E-state index is 0. The molecule has 7 nitrogen and oxygen atoms in total. The summed E-state index contributed by atoms with van der Waals surface area (Å²) in [6, 6.07) is 4.07. The Balaban J connectivity index is 0.00000533. The summed E-state index contributed by atoms with van der Waals surface area (Å²) in [6.07, 6.45) is -11.6. The molecule has 0 saturated carbocycles. The number of carbonyl (C=O) groups excluding carboxylic acids is 2. The van der Waals surface area contributed by atoms with Crippen molar-refractivity contribution < 1.29 is 53.5 Å². The van der Waals surface area contributed by atoms with E-state index in [1.165, 1.54) is 12.1 Å². The van der Waals surface area contributed by atoms with Crippen LogP contribution in [0.25, 0.3) is 0 Å². The Labute approximate surface area is 224 Å². The van der Waals surface area contributed by atoms with E-state index in [9.17, 15) is 48.7 Å². The zero-order chi connectivity index (χ0) is 28.5. The standard InChI is InChI=1S/C23H21F7N2O5S.ClH/c24-16-10-20-18(9-15(16)19(33)3-1-2-8-22(25,26)27)32(21(34)17(31)12-38(20,35)36)11-13-4-6-14(7-5-13)37-23(28,29)30;/h4-7,9-10,17H,1-3,8,11-12,31H2;1H/t17-;/m0./s1. The molecule has 1 atom stereocenters. The van der Waals surface area contributed by atoms with Gasteiger partial charge in [-0.25, -0.2) is 12.8 Å². The fourth-order valence-corrected chi connectivity index (χ4v) is 5.39. The van der Waals surface area contributed by atoms with E-state index in [0.717, 1.165) is 23.1 Å². The molecule has 2 aromatic carbocycles. The van der Waals surface area contributed by atoms with Crippen LogP contribution in [-0.2, 0) is 21.2 Å². The molecule has 0 bridgehead atoms.